The van der Waals surface area contributed by atoms with Gasteiger partial charge in [0, 0.05) is 23.6 Å². The van der Waals surface area contributed by atoms with E-state index < -0.39 is 28.3 Å². The van der Waals surface area contributed by atoms with Crippen LogP contribution in [0.4, 0.5) is 0 Å². The molecule has 1 aliphatic heterocycles. The molecule has 26 heavy (non-hydrogen) atoms. The van der Waals surface area contributed by atoms with Crippen molar-refractivity contribution in [2.75, 3.05) is 6.61 Å². The molecule has 6 nitrogen and oxygen atoms in total. The molecule has 3 aromatic rings. The minimum atomic E-state index is -3.76. The second kappa shape index (κ2) is 6.51. The Bertz CT molecular complexity index is 1030. The third kappa shape index (κ3) is 2.73. The van der Waals surface area contributed by atoms with Crippen LogP contribution in [-0.2, 0) is 14.8 Å². The molecular weight excluding hydrogens is 354 g/mol. The maximum absolute atomic E-state index is 13.1. The second-order valence-electron chi connectivity index (χ2n) is 6.36. The first-order valence-electron chi connectivity index (χ1n) is 8.37. The van der Waals surface area contributed by atoms with Crippen LogP contribution in [0.3, 0.4) is 0 Å². The zero-order chi connectivity index (χ0) is 18.3. The van der Waals surface area contributed by atoms with E-state index in [1.807, 2.05) is 12.1 Å². The fourth-order valence-electron chi connectivity index (χ4n) is 3.43. The molecule has 3 atom stereocenters. The van der Waals surface area contributed by atoms with E-state index >= 15 is 0 Å². The molecule has 0 amide bonds. The molecule has 1 saturated heterocycles. The van der Waals surface area contributed by atoms with Gasteiger partial charge >= 0.3 is 0 Å². The van der Waals surface area contributed by atoms with Crippen molar-refractivity contribution >= 4 is 20.9 Å². The minimum Gasteiger partial charge on any atom is -0.394 e. The van der Waals surface area contributed by atoms with Crippen LogP contribution in [-0.4, -0.2) is 41.4 Å². The fraction of sp³-hybridized carbons (Fsp3) is 0.263. The number of rotatable bonds is 4. The fourth-order valence-corrected chi connectivity index (χ4v) is 4.83. The Morgan fingerprint density at radius 3 is 2.46 bits per heavy atom. The van der Waals surface area contributed by atoms with Crippen molar-refractivity contribution in [3.63, 3.8) is 0 Å². The number of benzene rings is 2. The van der Waals surface area contributed by atoms with E-state index in [1.54, 1.807) is 48.7 Å². The van der Waals surface area contributed by atoms with Crippen LogP contribution in [0.1, 0.15) is 18.1 Å². The largest absolute Gasteiger partial charge is 0.394 e. The van der Waals surface area contributed by atoms with Gasteiger partial charge in [-0.1, -0.05) is 36.4 Å². The predicted molar refractivity (Wildman–Crippen MR) is 96.3 cm³/mol. The first-order valence-corrected chi connectivity index (χ1v) is 9.81. The van der Waals surface area contributed by atoms with E-state index in [0.717, 1.165) is 5.39 Å². The Kier molecular flexibility index (Phi) is 4.32. The van der Waals surface area contributed by atoms with Gasteiger partial charge in [0.15, 0.2) is 0 Å². The van der Waals surface area contributed by atoms with Gasteiger partial charge in [0.25, 0.3) is 10.0 Å². The van der Waals surface area contributed by atoms with E-state index in [1.165, 1.54) is 3.97 Å². The molecule has 0 saturated carbocycles. The molecule has 0 unspecified atom stereocenters. The van der Waals surface area contributed by atoms with Gasteiger partial charge < -0.3 is 14.9 Å². The van der Waals surface area contributed by atoms with Crippen LogP contribution < -0.4 is 0 Å². The summed E-state index contributed by atoms with van der Waals surface area (Å²) in [7, 11) is -3.76. The van der Waals surface area contributed by atoms with Gasteiger partial charge in [0.2, 0.25) is 0 Å². The number of para-hydroxylation sites is 1. The third-order valence-corrected chi connectivity index (χ3v) is 6.45. The molecule has 2 heterocycles. The first-order chi connectivity index (χ1) is 12.5. The molecule has 1 fully saturated rings. The Hall–Kier alpha value is -2.19. The number of hydrogen-bond acceptors (Lipinski definition) is 5. The van der Waals surface area contributed by atoms with E-state index in [0.29, 0.717) is 17.5 Å². The van der Waals surface area contributed by atoms with Crippen LogP contribution in [0, 0.1) is 0 Å². The second-order valence-corrected chi connectivity index (χ2v) is 8.18. The van der Waals surface area contributed by atoms with Crippen molar-refractivity contribution in [2.45, 2.75) is 29.6 Å². The van der Waals surface area contributed by atoms with Gasteiger partial charge in [-0.15, -0.1) is 0 Å². The van der Waals surface area contributed by atoms with Gasteiger partial charge in [0.05, 0.1) is 29.2 Å². The quantitative estimate of drug-likeness (QED) is 0.731. The standard InChI is InChI=1S/C19H19NO5S/c21-12-19-17(22)10-18(25-19)15-11-20(16-9-5-4-8-14(15)16)26(23,24)13-6-2-1-3-7-13/h1-9,11,17-19,21-22H,10,12H2/t17-,18+,19+/m0/s1. The summed E-state index contributed by atoms with van der Waals surface area (Å²) in [5.74, 6) is 0. The van der Waals surface area contributed by atoms with Crippen molar-refractivity contribution in [2.24, 2.45) is 0 Å². The molecule has 1 aromatic heterocycles. The first kappa shape index (κ1) is 17.2. The summed E-state index contributed by atoms with van der Waals surface area (Å²) >= 11 is 0. The maximum Gasteiger partial charge on any atom is 0.268 e. The lowest BCUT2D eigenvalue weighted by atomic mass is 10.0. The molecular formula is C19H19NO5S. The zero-order valence-corrected chi connectivity index (χ0v) is 14.7. The maximum atomic E-state index is 13.1. The summed E-state index contributed by atoms with van der Waals surface area (Å²) in [5, 5.41) is 20.1. The number of aliphatic hydroxyl groups excluding tert-OH is 2. The Morgan fingerprint density at radius 1 is 1.08 bits per heavy atom. The Morgan fingerprint density at radius 2 is 1.77 bits per heavy atom. The Labute approximate surface area is 151 Å². The van der Waals surface area contributed by atoms with Crippen LogP contribution in [0.2, 0.25) is 0 Å². The molecule has 0 radical (unpaired) electrons. The molecule has 2 aromatic carbocycles. The van der Waals surface area contributed by atoms with Crippen molar-refractivity contribution in [1.82, 2.24) is 3.97 Å². The molecule has 7 heteroatoms. The predicted octanol–water partition coefficient (Wildman–Crippen LogP) is 2.06. The highest BCUT2D eigenvalue weighted by Gasteiger charge is 2.36. The molecule has 1 aliphatic rings. The van der Waals surface area contributed by atoms with Crippen LogP contribution in [0.15, 0.2) is 65.7 Å². The van der Waals surface area contributed by atoms with Crippen LogP contribution in [0.5, 0.6) is 0 Å². The van der Waals surface area contributed by atoms with Gasteiger partial charge in [-0.3, -0.25) is 0 Å². The number of fused-ring (bicyclic) bond motifs is 1. The number of aromatic nitrogens is 1. The van der Waals surface area contributed by atoms with Gasteiger partial charge in [-0.2, -0.15) is 0 Å². The molecule has 4 rings (SSSR count). The normalized spacial score (nSPS) is 23.5. The summed E-state index contributed by atoms with van der Waals surface area (Å²) in [5.41, 5.74) is 1.24. The summed E-state index contributed by atoms with van der Waals surface area (Å²) in [6, 6.07) is 15.4. The number of hydrogen-bond donors (Lipinski definition) is 2. The Balaban J connectivity index is 1.86. The molecule has 2 N–H and O–H groups in total. The SMILES string of the molecule is O=S(=O)(c1ccccc1)n1cc([C@H]2C[C@H](O)[C@@H](CO)O2)c2ccccc21. The van der Waals surface area contributed by atoms with E-state index in [2.05, 4.69) is 0 Å². The number of nitrogens with zero attached hydrogens (tertiary/aromatic N) is 1. The zero-order valence-electron chi connectivity index (χ0n) is 13.9. The highest BCUT2D eigenvalue weighted by atomic mass is 32.2. The van der Waals surface area contributed by atoms with Crippen LogP contribution >= 0.6 is 0 Å². The highest BCUT2D eigenvalue weighted by molar-refractivity contribution is 7.90. The molecule has 0 aliphatic carbocycles. The number of aliphatic hydroxyl groups is 2. The minimum absolute atomic E-state index is 0.202. The lowest BCUT2D eigenvalue weighted by molar-refractivity contribution is -0.0222. The van der Waals surface area contributed by atoms with Crippen molar-refractivity contribution in [3.8, 4) is 0 Å². The smallest absolute Gasteiger partial charge is 0.268 e. The average Bonchev–Trinajstić information content (AvgIpc) is 3.23. The third-order valence-electron chi connectivity index (χ3n) is 4.76. The van der Waals surface area contributed by atoms with E-state index in [-0.39, 0.29) is 11.5 Å². The summed E-state index contributed by atoms with van der Waals surface area (Å²) in [6.45, 7) is -0.279. The summed E-state index contributed by atoms with van der Waals surface area (Å²) in [4.78, 5) is 0.202. The average molecular weight is 373 g/mol. The van der Waals surface area contributed by atoms with Gasteiger partial charge in [0.1, 0.15) is 6.10 Å². The van der Waals surface area contributed by atoms with Crippen molar-refractivity contribution in [1.29, 1.82) is 0 Å². The van der Waals surface area contributed by atoms with E-state index in [4.69, 9.17) is 4.74 Å². The summed E-state index contributed by atoms with van der Waals surface area (Å²) in [6.07, 6.45) is -0.0423. The van der Waals surface area contributed by atoms with Crippen molar-refractivity contribution < 1.29 is 23.4 Å². The van der Waals surface area contributed by atoms with Gasteiger partial charge in [-0.25, -0.2) is 12.4 Å². The lowest BCUT2D eigenvalue weighted by Crippen LogP contribution is -2.24. The van der Waals surface area contributed by atoms with Crippen molar-refractivity contribution in [3.05, 3.63) is 66.4 Å². The molecule has 0 bridgehead atoms. The lowest BCUT2D eigenvalue weighted by Gasteiger charge is -2.11. The topological polar surface area (TPSA) is 88.8 Å². The highest BCUT2D eigenvalue weighted by Crippen LogP contribution is 2.38. The van der Waals surface area contributed by atoms with Crippen LogP contribution in [0.25, 0.3) is 10.9 Å². The summed E-state index contributed by atoms with van der Waals surface area (Å²) < 4.78 is 33.2. The monoisotopic (exact) mass is 373 g/mol. The van der Waals surface area contributed by atoms with Gasteiger partial charge in [-0.05, 0) is 18.2 Å². The van der Waals surface area contributed by atoms with E-state index in [9.17, 15) is 18.6 Å². The molecule has 136 valence electrons. The molecule has 0 spiro atoms. The number of ether oxygens (including phenoxy) is 1.